The van der Waals surface area contributed by atoms with E-state index in [1.165, 1.54) is 24.2 Å². The quantitative estimate of drug-likeness (QED) is 0.843. The molecule has 24 heavy (non-hydrogen) atoms. The van der Waals surface area contributed by atoms with Gasteiger partial charge in [0.2, 0.25) is 5.91 Å². The molecular weight excluding hydrogens is 324 g/mol. The summed E-state index contributed by atoms with van der Waals surface area (Å²) < 4.78 is 6.06. The Bertz CT molecular complexity index is 618. The second-order valence-corrected chi connectivity index (χ2v) is 8.24. The number of hydrogen-bond acceptors (Lipinski definition) is 4. The van der Waals surface area contributed by atoms with Crippen LogP contribution in [0.4, 0.5) is 0 Å². The van der Waals surface area contributed by atoms with Gasteiger partial charge in [-0.05, 0) is 50.0 Å². The van der Waals surface area contributed by atoms with Crippen molar-refractivity contribution in [3.05, 3.63) is 22.4 Å². The molecule has 2 amide bonds. The van der Waals surface area contributed by atoms with Crippen LogP contribution in [0.1, 0.15) is 42.3 Å². The molecule has 1 aliphatic carbocycles. The summed E-state index contributed by atoms with van der Waals surface area (Å²) >= 11 is 1.49. The van der Waals surface area contributed by atoms with Crippen LogP contribution >= 0.6 is 11.3 Å². The molecule has 5 nitrogen and oxygen atoms in total. The van der Waals surface area contributed by atoms with Crippen molar-refractivity contribution in [3.63, 3.8) is 0 Å². The van der Waals surface area contributed by atoms with E-state index in [4.69, 9.17) is 4.74 Å². The van der Waals surface area contributed by atoms with Crippen molar-refractivity contribution in [2.24, 2.45) is 5.92 Å². The minimum absolute atomic E-state index is 0.0957. The highest BCUT2D eigenvalue weighted by Crippen LogP contribution is 2.38. The highest BCUT2D eigenvalue weighted by Gasteiger charge is 2.49. The summed E-state index contributed by atoms with van der Waals surface area (Å²) in [6, 6.07) is 3.89. The van der Waals surface area contributed by atoms with Gasteiger partial charge in [0.05, 0.1) is 16.5 Å². The number of likely N-dealkylation sites (tertiary alicyclic amines) is 1. The number of amides is 2. The number of hydrogen-bond donors (Lipinski definition) is 0. The Hall–Kier alpha value is -1.40. The van der Waals surface area contributed by atoms with Gasteiger partial charge in [-0.15, -0.1) is 11.3 Å². The van der Waals surface area contributed by atoms with Crippen molar-refractivity contribution in [3.8, 4) is 0 Å². The van der Waals surface area contributed by atoms with Crippen molar-refractivity contribution in [2.75, 3.05) is 26.2 Å². The molecule has 0 N–H and O–H groups in total. The van der Waals surface area contributed by atoms with E-state index in [0.29, 0.717) is 19.0 Å². The fraction of sp³-hybridized carbons (Fsp3) is 0.667. The highest BCUT2D eigenvalue weighted by molar-refractivity contribution is 7.12. The Morgan fingerprint density at radius 2 is 2.12 bits per heavy atom. The number of rotatable bonds is 3. The van der Waals surface area contributed by atoms with E-state index < -0.39 is 0 Å². The van der Waals surface area contributed by atoms with Gasteiger partial charge in [-0.2, -0.15) is 0 Å². The number of thiophene rings is 1. The number of morpholine rings is 1. The van der Waals surface area contributed by atoms with Crippen molar-refractivity contribution < 1.29 is 14.3 Å². The van der Waals surface area contributed by atoms with Gasteiger partial charge in [-0.3, -0.25) is 9.59 Å². The molecule has 3 heterocycles. The molecule has 1 spiro atoms. The van der Waals surface area contributed by atoms with E-state index in [2.05, 4.69) is 6.92 Å². The lowest BCUT2D eigenvalue weighted by Crippen LogP contribution is -2.64. The second-order valence-electron chi connectivity index (χ2n) is 7.29. The molecule has 3 fully saturated rings. The first-order chi connectivity index (χ1) is 11.6. The number of carbonyl (C=O) groups excluding carboxylic acids is 2. The minimum Gasteiger partial charge on any atom is -0.363 e. The van der Waals surface area contributed by atoms with E-state index in [-0.39, 0.29) is 30.1 Å². The Morgan fingerprint density at radius 3 is 2.75 bits per heavy atom. The van der Waals surface area contributed by atoms with Crippen LogP contribution in [0, 0.1) is 5.92 Å². The fourth-order valence-corrected chi connectivity index (χ4v) is 4.64. The maximum Gasteiger partial charge on any atom is 0.263 e. The van der Waals surface area contributed by atoms with E-state index in [1.54, 1.807) is 0 Å². The fourth-order valence-electron chi connectivity index (χ4n) is 3.95. The van der Waals surface area contributed by atoms with Crippen LogP contribution in [0.25, 0.3) is 0 Å². The van der Waals surface area contributed by atoms with Gasteiger partial charge >= 0.3 is 0 Å². The SMILES string of the molecule is C[C@@H]1N(CC2CC2)C(=O)COC12CCN(C(=O)c1cccs1)CC2. The topological polar surface area (TPSA) is 49.9 Å². The lowest BCUT2D eigenvalue weighted by atomic mass is 9.82. The molecule has 130 valence electrons. The van der Waals surface area contributed by atoms with Gasteiger partial charge in [-0.1, -0.05) is 6.07 Å². The zero-order chi connectivity index (χ0) is 16.7. The summed E-state index contributed by atoms with van der Waals surface area (Å²) in [5.74, 6) is 0.929. The van der Waals surface area contributed by atoms with Gasteiger partial charge in [0, 0.05) is 19.6 Å². The van der Waals surface area contributed by atoms with Crippen LogP contribution in [0.3, 0.4) is 0 Å². The molecule has 0 bridgehead atoms. The van der Waals surface area contributed by atoms with E-state index in [9.17, 15) is 9.59 Å². The van der Waals surface area contributed by atoms with E-state index in [1.807, 2.05) is 27.3 Å². The molecule has 1 aromatic heterocycles. The summed E-state index contributed by atoms with van der Waals surface area (Å²) in [7, 11) is 0. The second kappa shape index (κ2) is 6.15. The summed E-state index contributed by atoms with van der Waals surface area (Å²) in [5.41, 5.74) is -0.283. The largest absolute Gasteiger partial charge is 0.363 e. The van der Waals surface area contributed by atoms with Crippen molar-refractivity contribution in [1.82, 2.24) is 9.80 Å². The number of ether oxygens (including phenoxy) is 1. The molecular formula is C18H24N2O3S. The smallest absolute Gasteiger partial charge is 0.263 e. The lowest BCUT2D eigenvalue weighted by molar-refractivity contribution is -0.185. The van der Waals surface area contributed by atoms with Crippen LogP contribution in [-0.4, -0.2) is 59.5 Å². The Balaban J connectivity index is 1.43. The van der Waals surface area contributed by atoms with Crippen LogP contribution in [0.2, 0.25) is 0 Å². The summed E-state index contributed by atoms with van der Waals surface area (Å²) in [6.07, 6.45) is 4.10. The molecule has 0 unspecified atom stereocenters. The Kier molecular flexibility index (Phi) is 4.12. The third kappa shape index (κ3) is 2.86. The first-order valence-electron chi connectivity index (χ1n) is 8.85. The monoisotopic (exact) mass is 348 g/mol. The van der Waals surface area contributed by atoms with Gasteiger partial charge in [0.1, 0.15) is 6.61 Å². The molecule has 6 heteroatoms. The third-order valence-electron chi connectivity index (χ3n) is 5.81. The normalized spacial score (nSPS) is 26.9. The zero-order valence-electron chi connectivity index (χ0n) is 14.1. The highest BCUT2D eigenvalue weighted by atomic mass is 32.1. The average Bonchev–Trinajstić information content (AvgIpc) is 3.25. The molecule has 2 saturated heterocycles. The zero-order valence-corrected chi connectivity index (χ0v) is 14.9. The molecule has 0 radical (unpaired) electrons. The van der Waals surface area contributed by atoms with Gasteiger partial charge < -0.3 is 14.5 Å². The van der Waals surface area contributed by atoms with Gasteiger partial charge in [-0.25, -0.2) is 0 Å². The predicted octanol–water partition coefficient (Wildman–Crippen LogP) is 2.38. The van der Waals surface area contributed by atoms with Crippen LogP contribution in [-0.2, 0) is 9.53 Å². The number of carbonyl (C=O) groups is 2. The standard InChI is InChI=1S/C18H24N2O3S/c1-13-18(23-12-16(21)20(13)11-14-4-5-14)6-8-19(9-7-18)17(22)15-3-2-10-24-15/h2-3,10,13-14H,4-9,11-12H2,1H3/t13-/m0/s1. The molecule has 1 saturated carbocycles. The molecule has 1 aromatic rings. The van der Waals surface area contributed by atoms with E-state index in [0.717, 1.165) is 24.3 Å². The Labute approximate surface area is 146 Å². The van der Waals surface area contributed by atoms with Crippen molar-refractivity contribution in [1.29, 1.82) is 0 Å². The maximum atomic E-state index is 12.5. The third-order valence-corrected chi connectivity index (χ3v) is 6.67. The predicted molar refractivity (Wildman–Crippen MR) is 92.0 cm³/mol. The lowest BCUT2D eigenvalue weighted by Gasteiger charge is -2.51. The maximum absolute atomic E-state index is 12.5. The molecule has 3 aliphatic rings. The first kappa shape index (κ1) is 16.1. The van der Waals surface area contributed by atoms with Crippen LogP contribution in [0.15, 0.2) is 17.5 Å². The van der Waals surface area contributed by atoms with E-state index >= 15 is 0 Å². The van der Waals surface area contributed by atoms with Gasteiger partial charge in [0.25, 0.3) is 5.91 Å². The molecule has 0 aromatic carbocycles. The van der Waals surface area contributed by atoms with Crippen molar-refractivity contribution in [2.45, 2.75) is 44.2 Å². The molecule has 2 aliphatic heterocycles. The summed E-state index contributed by atoms with van der Waals surface area (Å²) in [5, 5.41) is 1.94. The molecule has 1 atom stereocenters. The Morgan fingerprint density at radius 1 is 1.38 bits per heavy atom. The summed E-state index contributed by atoms with van der Waals surface area (Å²) in [4.78, 5) is 29.5. The number of nitrogens with zero attached hydrogens (tertiary/aromatic N) is 2. The molecule has 4 rings (SSSR count). The van der Waals surface area contributed by atoms with Crippen molar-refractivity contribution >= 4 is 23.2 Å². The number of piperidine rings is 1. The van der Waals surface area contributed by atoms with Crippen LogP contribution < -0.4 is 0 Å². The first-order valence-corrected chi connectivity index (χ1v) is 9.73. The minimum atomic E-state index is -0.283. The van der Waals surface area contributed by atoms with Gasteiger partial charge in [0.15, 0.2) is 0 Å². The summed E-state index contributed by atoms with van der Waals surface area (Å²) in [6.45, 7) is 4.59. The average molecular weight is 348 g/mol. The van der Waals surface area contributed by atoms with Crippen LogP contribution in [0.5, 0.6) is 0 Å².